The van der Waals surface area contributed by atoms with E-state index in [-0.39, 0.29) is 16.7 Å². The van der Waals surface area contributed by atoms with Crippen LogP contribution in [-0.2, 0) is 26.5 Å². The van der Waals surface area contributed by atoms with E-state index in [1.54, 1.807) is 12.1 Å². The van der Waals surface area contributed by atoms with Gasteiger partial charge < -0.3 is 5.11 Å². The second kappa shape index (κ2) is 10.5. The first-order valence-corrected chi connectivity index (χ1v) is 12.3. The van der Waals surface area contributed by atoms with E-state index in [1.165, 1.54) is 17.7 Å². The number of carbonyl (C=O) groups is 1. The third kappa shape index (κ3) is 6.85. The topological polar surface area (TPSA) is 71.4 Å². The maximum Gasteiger partial charge on any atom is 0.322 e. The van der Waals surface area contributed by atoms with Crippen LogP contribution in [0, 0.1) is 0 Å². The van der Waals surface area contributed by atoms with Crippen molar-refractivity contribution in [2.75, 3.05) is 0 Å². The van der Waals surface area contributed by atoms with Gasteiger partial charge in [-0.2, -0.15) is 0 Å². The molecule has 0 radical (unpaired) electrons. The van der Waals surface area contributed by atoms with Gasteiger partial charge in [0.05, 0.1) is 4.90 Å². The summed E-state index contributed by atoms with van der Waals surface area (Å²) in [6.07, 6.45) is 4.32. The van der Waals surface area contributed by atoms with E-state index >= 15 is 0 Å². The Morgan fingerprint density at radius 3 is 2.03 bits per heavy atom. The maximum absolute atomic E-state index is 12.9. The van der Waals surface area contributed by atoms with Crippen molar-refractivity contribution in [1.29, 1.82) is 0 Å². The molecule has 0 saturated heterocycles. The van der Waals surface area contributed by atoms with E-state index in [2.05, 4.69) is 0 Å². The zero-order chi connectivity index (χ0) is 22.4. The number of aryl methyl sites for hydroxylation is 1. The number of halogens is 1. The van der Waals surface area contributed by atoms with Gasteiger partial charge in [0, 0.05) is 5.02 Å². The minimum atomic E-state index is -3.91. The number of carboxylic acid groups (broad SMARTS) is 1. The maximum atomic E-state index is 12.9. The van der Waals surface area contributed by atoms with Gasteiger partial charge in [-0.3, -0.25) is 4.79 Å². The van der Waals surface area contributed by atoms with Crippen molar-refractivity contribution in [2.45, 2.75) is 74.9 Å². The molecule has 0 aliphatic heterocycles. The Morgan fingerprint density at radius 2 is 1.50 bits per heavy atom. The number of hydrogen-bond donors (Lipinski definition) is 1. The zero-order valence-electron chi connectivity index (χ0n) is 17.9. The molecule has 6 heteroatoms. The van der Waals surface area contributed by atoms with E-state index in [4.69, 9.17) is 11.6 Å². The van der Waals surface area contributed by atoms with Crippen molar-refractivity contribution >= 4 is 27.4 Å². The lowest BCUT2D eigenvalue weighted by Crippen LogP contribution is -2.30. The SMILES string of the molecule is CC(C)(C)c1ccc(S(=O)(=O)C(CCCCCCc2ccc(Cl)cc2)C(=O)O)cc1. The smallest absolute Gasteiger partial charge is 0.322 e. The van der Waals surface area contributed by atoms with E-state index in [1.807, 2.05) is 45.0 Å². The molecule has 0 spiro atoms. The van der Waals surface area contributed by atoms with Crippen molar-refractivity contribution in [3.05, 3.63) is 64.7 Å². The molecule has 0 bridgehead atoms. The van der Waals surface area contributed by atoms with Crippen LogP contribution < -0.4 is 0 Å². The predicted octanol–water partition coefficient (Wildman–Crippen LogP) is 6.06. The van der Waals surface area contributed by atoms with Crippen LogP contribution in [-0.4, -0.2) is 24.7 Å². The molecule has 0 saturated carbocycles. The van der Waals surface area contributed by atoms with E-state index < -0.39 is 21.1 Å². The van der Waals surface area contributed by atoms with E-state index in [9.17, 15) is 18.3 Å². The molecule has 30 heavy (non-hydrogen) atoms. The molecule has 2 aromatic carbocycles. The van der Waals surface area contributed by atoms with Gasteiger partial charge in [0.25, 0.3) is 0 Å². The number of benzene rings is 2. The van der Waals surface area contributed by atoms with Gasteiger partial charge in [0.1, 0.15) is 0 Å². The predicted molar refractivity (Wildman–Crippen MR) is 122 cm³/mol. The Labute approximate surface area is 185 Å². The lowest BCUT2D eigenvalue weighted by molar-refractivity contribution is -0.136. The third-order valence-corrected chi connectivity index (χ3v) is 7.66. The summed E-state index contributed by atoms with van der Waals surface area (Å²) in [5, 5.41) is 8.85. The summed E-state index contributed by atoms with van der Waals surface area (Å²) in [6, 6.07) is 14.3. The molecule has 0 aliphatic rings. The molecule has 2 aromatic rings. The summed E-state index contributed by atoms with van der Waals surface area (Å²) in [6.45, 7) is 6.14. The quantitative estimate of drug-likeness (QED) is 0.446. The van der Waals surface area contributed by atoms with Crippen molar-refractivity contribution in [2.24, 2.45) is 0 Å². The molecule has 0 heterocycles. The fourth-order valence-electron chi connectivity index (χ4n) is 3.38. The van der Waals surface area contributed by atoms with Crippen LogP contribution in [0.15, 0.2) is 53.4 Å². The number of unbranched alkanes of at least 4 members (excludes halogenated alkanes) is 3. The molecule has 4 nitrogen and oxygen atoms in total. The second-order valence-electron chi connectivity index (χ2n) is 8.73. The largest absolute Gasteiger partial charge is 0.480 e. The van der Waals surface area contributed by atoms with Gasteiger partial charge in [-0.25, -0.2) is 8.42 Å². The Bertz CT molecular complexity index is 927. The molecule has 0 aliphatic carbocycles. The normalized spacial score (nSPS) is 13.2. The third-order valence-electron chi connectivity index (χ3n) is 5.29. The standard InChI is InChI=1S/C24H31ClO4S/c1-24(2,3)19-12-16-21(17-13-19)30(28,29)22(23(26)27)9-7-5-4-6-8-18-10-14-20(25)15-11-18/h10-17,22H,4-9H2,1-3H3,(H,26,27). The van der Waals surface area contributed by atoms with Crippen molar-refractivity contribution in [3.63, 3.8) is 0 Å². The van der Waals surface area contributed by atoms with Crippen molar-refractivity contribution < 1.29 is 18.3 Å². The molecule has 0 aromatic heterocycles. The Hall–Kier alpha value is -1.85. The molecule has 2 rings (SSSR count). The number of carboxylic acids is 1. The Balaban J connectivity index is 1.90. The number of sulfone groups is 1. The number of rotatable bonds is 10. The minimum absolute atomic E-state index is 0.0747. The van der Waals surface area contributed by atoms with Crippen molar-refractivity contribution in [1.82, 2.24) is 0 Å². The van der Waals surface area contributed by atoms with Gasteiger partial charge in [-0.1, -0.05) is 75.9 Å². The lowest BCUT2D eigenvalue weighted by atomic mass is 9.87. The Morgan fingerprint density at radius 1 is 0.933 bits per heavy atom. The van der Waals surface area contributed by atoms with Crippen LogP contribution in [0.2, 0.25) is 5.02 Å². The highest BCUT2D eigenvalue weighted by atomic mass is 35.5. The van der Waals surface area contributed by atoms with E-state index in [0.717, 1.165) is 31.2 Å². The molecule has 1 unspecified atom stereocenters. The number of hydrogen-bond acceptors (Lipinski definition) is 3. The first kappa shape index (κ1) is 24.4. The van der Waals surface area contributed by atoms with Gasteiger partial charge in [0.2, 0.25) is 0 Å². The molecule has 164 valence electrons. The number of aliphatic carboxylic acids is 1. The summed E-state index contributed by atoms with van der Waals surface area (Å²) in [4.78, 5) is 11.8. The highest BCUT2D eigenvalue weighted by molar-refractivity contribution is 7.92. The molecular formula is C24H31ClO4S. The average molecular weight is 451 g/mol. The molecule has 0 amide bonds. The van der Waals surface area contributed by atoms with Gasteiger partial charge >= 0.3 is 5.97 Å². The van der Waals surface area contributed by atoms with Crippen LogP contribution in [0.5, 0.6) is 0 Å². The molecule has 0 fully saturated rings. The lowest BCUT2D eigenvalue weighted by Gasteiger charge is -2.20. The fourth-order valence-corrected chi connectivity index (χ4v) is 5.10. The Kier molecular flexibility index (Phi) is 8.51. The average Bonchev–Trinajstić information content (AvgIpc) is 2.67. The van der Waals surface area contributed by atoms with Gasteiger partial charge in [-0.15, -0.1) is 0 Å². The first-order valence-electron chi connectivity index (χ1n) is 10.3. The van der Waals surface area contributed by atoms with Crippen molar-refractivity contribution in [3.8, 4) is 0 Å². The summed E-state index contributed by atoms with van der Waals surface area (Å²) < 4.78 is 25.8. The highest BCUT2D eigenvalue weighted by Crippen LogP contribution is 2.26. The highest BCUT2D eigenvalue weighted by Gasteiger charge is 2.33. The summed E-state index contributed by atoms with van der Waals surface area (Å²) in [7, 11) is -3.91. The monoisotopic (exact) mass is 450 g/mol. The second-order valence-corrected chi connectivity index (χ2v) is 11.3. The summed E-state index contributed by atoms with van der Waals surface area (Å²) in [5.41, 5.74) is 2.12. The molecule has 1 N–H and O–H groups in total. The summed E-state index contributed by atoms with van der Waals surface area (Å²) in [5.74, 6) is -1.28. The van der Waals surface area contributed by atoms with Crippen LogP contribution in [0.3, 0.4) is 0 Å². The molecular weight excluding hydrogens is 420 g/mol. The minimum Gasteiger partial charge on any atom is -0.480 e. The van der Waals surface area contributed by atoms with Crippen LogP contribution in [0.4, 0.5) is 0 Å². The van der Waals surface area contributed by atoms with Crippen LogP contribution >= 0.6 is 11.6 Å². The zero-order valence-corrected chi connectivity index (χ0v) is 19.5. The summed E-state index contributed by atoms with van der Waals surface area (Å²) >= 11 is 5.88. The van der Waals surface area contributed by atoms with Gasteiger partial charge in [0.15, 0.2) is 15.1 Å². The van der Waals surface area contributed by atoms with Crippen LogP contribution in [0.1, 0.15) is 64.0 Å². The molecule has 1 atom stereocenters. The first-order chi connectivity index (χ1) is 14.0. The van der Waals surface area contributed by atoms with Gasteiger partial charge in [-0.05, 0) is 60.1 Å². The fraction of sp³-hybridized carbons (Fsp3) is 0.458. The van der Waals surface area contributed by atoms with E-state index in [0.29, 0.717) is 11.4 Å². The van der Waals surface area contributed by atoms with Crippen LogP contribution in [0.25, 0.3) is 0 Å².